The maximum atomic E-state index is 11.6. The zero-order valence-corrected chi connectivity index (χ0v) is 9.65. The highest BCUT2D eigenvalue weighted by atomic mass is 35.5. The second-order valence-electron chi connectivity index (χ2n) is 3.16. The highest BCUT2D eigenvalue weighted by Gasteiger charge is 2.11. The molecule has 92 valence electrons. The summed E-state index contributed by atoms with van der Waals surface area (Å²) >= 11 is 5.88. The van der Waals surface area contributed by atoms with E-state index < -0.39 is 5.91 Å². The van der Waals surface area contributed by atoms with Crippen LogP contribution in [-0.2, 0) is 4.79 Å². The molecule has 1 rings (SSSR count). The van der Waals surface area contributed by atoms with Gasteiger partial charge in [-0.05, 0) is 18.2 Å². The van der Waals surface area contributed by atoms with Gasteiger partial charge in [-0.1, -0.05) is 11.6 Å². The third-order valence-corrected chi connectivity index (χ3v) is 2.32. The minimum absolute atomic E-state index is 0.147. The van der Waals surface area contributed by atoms with E-state index in [-0.39, 0.29) is 23.7 Å². The van der Waals surface area contributed by atoms with Gasteiger partial charge in [0.2, 0.25) is 6.41 Å². The van der Waals surface area contributed by atoms with Crippen molar-refractivity contribution in [2.75, 3.05) is 18.2 Å². The number of hydrazine groups is 1. The van der Waals surface area contributed by atoms with Gasteiger partial charge in [0.15, 0.2) is 0 Å². The number of amides is 2. The van der Waals surface area contributed by atoms with Gasteiger partial charge in [-0.25, -0.2) is 5.84 Å². The van der Waals surface area contributed by atoms with E-state index in [4.69, 9.17) is 22.6 Å². The molecule has 17 heavy (non-hydrogen) atoms. The standard InChI is InChI=1S/C10H12ClN3O3/c11-9-5-7(14(12)6-16)1-2-8(9)10(17)13-3-4-15/h1-2,5-6,15H,3-4,12H2,(H,13,17). The van der Waals surface area contributed by atoms with Crippen LogP contribution < -0.4 is 16.2 Å². The molecule has 0 heterocycles. The second kappa shape index (κ2) is 6.19. The number of benzene rings is 1. The number of carbonyl (C=O) groups excluding carboxylic acids is 2. The average molecular weight is 258 g/mol. The van der Waals surface area contributed by atoms with E-state index in [2.05, 4.69) is 5.32 Å². The molecular weight excluding hydrogens is 246 g/mol. The van der Waals surface area contributed by atoms with Crippen LogP contribution in [0.5, 0.6) is 0 Å². The molecule has 0 unspecified atom stereocenters. The lowest BCUT2D eigenvalue weighted by molar-refractivity contribution is -0.107. The number of halogens is 1. The summed E-state index contributed by atoms with van der Waals surface area (Å²) in [5, 5.41) is 12.1. The first-order valence-corrected chi connectivity index (χ1v) is 5.15. The molecule has 2 amide bonds. The summed E-state index contributed by atoms with van der Waals surface area (Å²) in [6.45, 7) is -0.00255. The fraction of sp³-hybridized carbons (Fsp3) is 0.200. The summed E-state index contributed by atoms with van der Waals surface area (Å²) in [6.07, 6.45) is 0.428. The van der Waals surface area contributed by atoms with Crippen LogP contribution in [0.25, 0.3) is 0 Å². The second-order valence-corrected chi connectivity index (χ2v) is 3.56. The molecule has 4 N–H and O–H groups in total. The number of carbonyl (C=O) groups is 2. The van der Waals surface area contributed by atoms with Crippen LogP contribution in [-0.4, -0.2) is 30.6 Å². The van der Waals surface area contributed by atoms with Crippen LogP contribution in [0.1, 0.15) is 10.4 Å². The predicted octanol–water partition coefficient (Wildman–Crippen LogP) is -0.101. The first-order valence-electron chi connectivity index (χ1n) is 4.78. The molecule has 0 radical (unpaired) electrons. The van der Waals surface area contributed by atoms with Crippen molar-refractivity contribution < 1.29 is 14.7 Å². The van der Waals surface area contributed by atoms with Gasteiger partial charge in [0.25, 0.3) is 5.91 Å². The topological polar surface area (TPSA) is 95.7 Å². The fourth-order valence-corrected chi connectivity index (χ4v) is 1.43. The summed E-state index contributed by atoms with van der Waals surface area (Å²) in [5.41, 5.74) is 0.631. The van der Waals surface area contributed by atoms with Gasteiger partial charge in [0.1, 0.15) is 0 Å². The van der Waals surface area contributed by atoms with Crippen molar-refractivity contribution >= 4 is 29.6 Å². The lowest BCUT2D eigenvalue weighted by Crippen LogP contribution is -2.29. The van der Waals surface area contributed by atoms with E-state index in [9.17, 15) is 9.59 Å². The van der Waals surface area contributed by atoms with Gasteiger partial charge in [-0.2, -0.15) is 0 Å². The predicted molar refractivity (Wildman–Crippen MR) is 63.6 cm³/mol. The minimum Gasteiger partial charge on any atom is -0.395 e. The van der Waals surface area contributed by atoms with E-state index in [0.29, 0.717) is 12.1 Å². The highest BCUT2D eigenvalue weighted by Crippen LogP contribution is 2.21. The molecule has 0 fully saturated rings. The average Bonchev–Trinajstić information content (AvgIpc) is 2.34. The Morgan fingerprint density at radius 3 is 2.82 bits per heavy atom. The molecule has 0 saturated carbocycles. The van der Waals surface area contributed by atoms with Gasteiger partial charge < -0.3 is 10.4 Å². The molecule has 0 aliphatic carbocycles. The summed E-state index contributed by atoms with van der Waals surface area (Å²) in [5.74, 6) is 4.94. The van der Waals surface area contributed by atoms with Crippen molar-refractivity contribution in [1.29, 1.82) is 0 Å². The lowest BCUT2D eigenvalue weighted by atomic mass is 10.2. The number of hydrogen-bond acceptors (Lipinski definition) is 4. The molecule has 0 bridgehead atoms. The fourth-order valence-electron chi connectivity index (χ4n) is 1.17. The van der Waals surface area contributed by atoms with Crippen LogP contribution in [0, 0.1) is 0 Å². The molecule has 0 aliphatic rings. The van der Waals surface area contributed by atoms with Crippen LogP contribution in [0.2, 0.25) is 5.02 Å². The van der Waals surface area contributed by atoms with E-state index in [1.165, 1.54) is 18.2 Å². The maximum Gasteiger partial charge on any atom is 0.252 e. The SMILES string of the molecule is NN(C=O)c1ccc(C(=O)NCCO)c(Cl)c1. The molecule has 1 aromatic rings. The van der Waals surface area contributed by atoms with Gasteiger partial charge >= 0.3 is 0 Å². The van der Waals surface area contributed by atoms with Crippen LogP contribution >= 0.6 is 11.6 Å². The third kappa shape index (κ3) is 3.42. The van der Waals surface area contributed by atoms with Crippen molar-refractivity contribution in [2.24, 2.45) is 5.84 Å². The number of hydrogen-bond donors (Lipinski definition) is 3. The Morgan fingerprint density at radius 2 is 2.29 bits per heavy atom. The molecule has 0 aromatic heterocycles. The van der Waals surface area contributed by atoms with Gasteiger partial charge in [0.05, 0.1) is 22.9 Å². The zero-order valence-electron chi connectivity index (χ0n) is 8.89. The zero-order chi connectivity index (χ0) is 12.8. The minimum atomic E-state index is -0.398. The number of aliphatic hydroxyl groups is 1. The first-order chi connectivity index (χ1) is 8.10. The number of aliphatic hydroxyl groups excluding tert-OH is 1. The Balaban J connectivity index is 2.89. The summed E-state index contributed by atoms with van der Waals surface area (Å²) < 4.78 is 0. The van der Waals surface area contributed by atoms with Crippen LogP contribution in [0.3, 0.4) is 0 Å². The molecule has 0 spiro atoms. The molecule has 0 atom stereocenters. The molecule has 6 nitrogen and oxygen atoms in total. The van der Waals surface area contributed by atoms with Crippen molar-refractivity contribution in [1.82, 2.24) is 5.32 Å². The van der Waals surface area contributed by atoms with Gasteiger partial charge in [0, 0.05) is 6.54 Å². The summed E-state index contributed by atoms with van der Waals surface area (Å²) in [4.78, 5) is 22.0. The van der Waals surface area contributed by atoms with Crippen molar-refractivity contribution in [2.45, 2.75) is 0 Å². The van der Waals surface area contributed by atoms with Crippen molar-refractivity contribution in [3.63, 3.8) is 0 Å². The van der Waals surface area contributed by atoms with E-state index in [1.807, 2.05) is 0 Å². The number of nitrogens with zero attached hydrogens (tertiary/aromatic N) is 1. The largest absolute Gasteiger partial charge is 0.395 e. The monoisotopic (exact) mass is 257 g/mol. The molecule has 0 saturated heterocycles. The highest BCUT2D eigenvalue weighted by molar-refractivity contribution is 6.34. The Morgan fingerprint density at radius 1 is 1.59 bits per heavy atom. The van der Waals surface area contributed by atoms with Crippen molar-refractivity contribution in [3.8, 4) is 0 Å². The number of nitrogens with one attached hydrogen (secondary N) is 1. The molecule has 0 aliphatic heterocycles. The lowest BCUT2D eigenvalue weighted by Gasteiger charge is -2.12. The van der Waals surface area contributed by atoms with Gasteiger partial charge in [-0.15, -0.1) is 0 Å². The summed E-state index contributed by atoms with van der Waals surface area (Å²) in [6, 6.07) is 4.35. The van der Waals surface area contributed by atoms with Gasteiger partial charge in [-0.3, -0.25) is 14.6 Å². The Labute approximate surface area is 103 Å². The Bertz CT molecular complexity index is 425. The number of rotatable bonds is 5. The van der Waals surface area contributed by atoms with E-state index in [1.54, 1.807) is 0 Å². The normalized spacial score (nSPS) is 9.82. The van der Waals surface area contributed by atoms with E-state index in [0.717, 1.165) is 5.01 Å². The Kier molecular flexibility index (Phi) is 4.89. The molecule has 7 heteroatoms. The summed E-state index contributed by atoms with van der Waals surface area (Å²) in [7, 11) is 0. The van der Waals surface area contributed by atoms with E-state index >= 15 is 0 Å². The Hall–Kier alpha value is -1.63. The molecule has 1 aromatic carbocycles. The van der Waals surface area contributed by atoms with Crippen LogP contribution in [0.4, 0.5) is 5.69 Å². The maximum absolute atomic E-state index is 11.6. The van der Waals surface area contributed by atoms with Crippen molar-refractivity contribution in [3.05, 3.63) is 28.8 Å². The van der Waals surface area contributed by atoms with Crippen LogP contribution in [0.15, 0.2) is 18.2 Å². The molecular formula is C10H12ClN3O3. The number of anilines is 1. The smallest absolute Gasteiger partial charge is 0.252 e. The third-order valence-electron chi connectivity index (χ3n) is 2.01. The quantitative estimate of drug-likeness (QED) is 0.297. The first kappa shape index (κ1) is 13.4. The number of nitrogens with two attached hydrogens (primary N) is 1.